The highest BCUT2D eigenvalue weighted by molar-refractivity contribution is 6.05. The SMILES string of the molecule is CCn1ncc(C(=O)Nc2c(C)nn(Cc3ccccc3F)c2C)c1C. The maximum absolute atomic E-state index is 13.9. The standard InChI is InChI=1S/C19H22FN5O/c1-5-24-13(3)16(10-21-24)19(26)22-18-12(2)23-25(14(18)4)11-15-8-6-7-9-17(15)20/h6-10H,5,11H2,1-4H3,(H,22,26). The lowest BCUT2D eigenvalue weighted by Crippen LogP contribution is -2.14. The van der Waals surface area contributed by atoms with E-state index in [1.807, 2.05) is 27.7 Å². The van der Waals surface area contributed by atoms with Gasteiger partial charge in [-0.1, -0.05) is 18.2 Å². The maximum atomic E-state index is 13.9. The zero-order valence-corrected chi connectivity index (χ0v) is 15.4. The van der Waals surface area contributed by atoms with Crippen LogP contribution in [-0.4, -0.2) is 25.5 Å². The Bertz CT molecular complexity index is 957. The molecule has 0 spiro atoms. The molecule has 0 aliphatic heterocycles. The second kappa shape index (κ2) is 7.11. The number of aryl methyl sites for hydroxylation is 2. The number of nitrogens with one attached hydrogen (secondary N) is 1. The topological polar surface area (TPSA) is 64.7 Å². The summed E-state index contributed by atoms with van der Waals surface area (Å²) in [5.41, 5.74) is 4.02. The van der Waals surface area contributed by atoms with E-state index in [1.54, 1.807) is 33.8 Å². The summed E-state index contributed by atoms with van der Waals surface area (Å²) in [6.07, 6.45) is 1.57. The zero-order chi connectivity index (χ0) is 18.8. The summed E-state index contributed by atoms with van der Waals surface area (Å²) in [6.45, 7) is 8.54. The van der Waals surface area contributed by atoms with Gasteiger partial charge >= 0.3 is 0 Å². The van der Waals surface area contributed by atoms with Crippen molar-refractivity contribution in [2.24, 2.45) is 0 Å². The third kappa shape index (κ3) is 3.24. The van der Waals surface area contributed by atoms with Crippen molar-refractivity contribution in [1.29, 1.82) is 0 Å². The van der Waals surface area contributed by atoms with Crippen LogP contribution >= 0.6 is 0 Å². The molecule has 2 heterocycles. The van der Waals surface area contributed by atoms with Crippen LogP contribution in [0.15, 0.2) is 30.5 Å². The van der Waals surface area contributed by atoms with Gasteiger partial charge in [0.2, 0.25) is 0 Å². The first-order chi connectivity index (χ1) is 12.4. The molecule has 0 aliphatic carbocycles. The Morgan fingerprint density at radius 2 is 1.88 bits per heavy atom. The average Bonchev–Trinajstić information content (AvgIpc) is 3.11. The Labute approximate surface area is 151 Å². The smallest absolute Gasteiger partial charge is 0.259 e. The van der Waals surface area contributed by atoms with Gasteiger partial charge in [0.15, 0.2) is 0 Å². The number of rotatable bonds is 5. The minimum absolute atomic E-state index is 0.223. The quantitative estimate of drug-likeness (QED) is 0.762. The molecule has 136 valence electrons. The van der Waals surface area contributed by atoms with E-state index in [-0.39, 0.29) is 11.7 Å². The van der Waals surface area contributed by atoms with E-state index in [1.165, 1.54) is 6.07 Å². The molecule has 3 rings (SSSR count). The molecular weight excluding hydrogens is 333 g/mol. The van der Waals surface area contributed by atoms with Crippen molar-refractivity contribution in [2.45, 2.75) is 40.8 Å². The number of halogens is 1. The van der Waals surface area contributed by atoms with Gasteiger partial charge in [-0.2, -0.15) is 10.2 Å². The van der Waals surface area contributed by atoms with Crippen LogP contribution in [0.1, 0.15) is 39.9 Å². The Hall–Kier alpha value is -2.96. The van der Waals surface area contributed by atoms with E-state index in [0.29, 0.717) is 35.6 Å². The van der Waals surface area contributed by atoms with E-state index >= 15 is 0 Å². The number of carbonyl (C=O) groups excluding carboxylic acids is 1. The van der Waals surface area contributed by atoms with Crippen LogP contribution in [0.2, 0.25) is 0 Å². The number of anilines is 1. The summed E-state index contributed by atoms with van der Waals surface area (Å²) in [4.78, 5) is 12.6. The van der Waals surface area contributed by atoms with Crippen LogP contribution in [0, 0.1) is 26.6 Å². The van der Waals surface area contributed by atoms with Crippen molar-refractivity contribution in [2.75, 3.05) is 5.32 Å². The Balaban J connectivity index is 1.85. The Kier molecular flexibility index (Phi) is 4.88. The first kappa shape index (κ1) is 17.8. The Morgan fingerprint density at radius 1 is 1.15 bits per heavy atom. The van der Waals surface area contributed by atoms with E-state index in [9.17, 15) is 9.18 Å². The van der Waals surface area contributed by atoms with Crippen molar-refractivity contribution in [3.63, 3.8) is 0 Å². The fourth-order valence-electron chi connectivity index (χ4n) is 2.99. The fraction of sp³-hybridized carbons (Fsp3) is 0.316. The normalized spacial score (nSPS) is 11.0. The van der Waals surface area contributed by atoms with Crippen LogP contribution in [0.5, 0.6) is 0 Å². The van der Waals surface area contributed by atoms with Gasteiger partial charge in [-0.25, -0.2) is 4.39 Å². The van der Waals surface area contributed by atoms with Gasteiger partial charge in [-0.15, -0.1) is 0 Å². The average molecular weight is 355 g/mol. The molecule has 26 heavy (non-hydrogen) atoms. The van der Waals surface area contributed by atoms with Crippen molar-refractivity contribution < 1.29 is 9.18 Å². The number of carbonyl (C=O) groups is 1. The largest absolute Gasteiger partial charge is 0.319 e. The summed E-state index contributed by atoms with van der Waals surface area (Å²) in [5.74, 6) is -0.493. The number of aromatic nitrogens is 4. The molecule has 7 heteroatoms. The van der Waals surface area contributed by atoms with Gasteiger partial charge in [-0.05, 0) is 33.8 Å². The predicted octanol–water partition coefficient (Wildman–Crippen LogP) is 3.46. The molecule has 6 nitrogen and oxygen atoms in total. The monoisotopic (exact) mass is 355 g/mol. The molecule has 0 atom stereocenters. The van der Waals surface area contributed by atoms with Crippen molar-refractivity contribution in [1.82, 2.24) is 19.6 Å². The van der Waals surface area contributed by atoms with E-state index < -0.39 is 0 Å². The number of benzene rings is 1. The molecular formula is C19H22FN5O. The second-order valence-corrected chi connectivity index (χ2v) is 6.21. The lowest BCUT2D eigenvalue weighted by molar-refractivity contribution is 0.102. The molecule has 1 aromatic carbocycles. The lowest BCUT2D eigenvalue weighted by atomic mass is 10.2. The van der Waals surface area contributed by atoms with Gasteiger partial charge in [0.1, 0.15) is 5.82 Å². The van der Waals surface area contributed by atoms with Crippen LogP contribution in [0.25, 0.3) is 0 Å². The van der Waals surface area contributed by atoms with Gasteiger partial charge in [0.25, 0.3) is 5.91 Å². The molecule has 0 bridgehead atoms. The Morgan fingerprint density at radius 3 is 2.54 bits per heavy atom. The molecule has 0 saturated carbocycles. The van der Waals surface area contributed by atoms with Crippen molar-refractivity contribution in [3.05, 3.63) is 64.5 Å². The van der Waals surface area contributed by atoms with Crippen molar-refractivity contribution >= 4 is 11.6 Å². The predicted molar refractivity (Wildman–Crippen MR) is 97.8 cm³/mol. The summed E-state index contributed by atoms with van der Waals surface area (Å²) in [6, 6.07) is 6.61. The molecule has 0 unspecified atom stereocenters. The number of nitrogens with zero attached hydrogens (tertiary/aromatic N) is 4. The third-order valence-corrected chi connectivity index (χ3v) is 4.55. The van der Waals surface area contributed by atoms with Gasteiger partial charge in [0.05, 0.1) is 35.4 Å². The third-order valence-electron chi connectivity index (χ3n) is 4.55. The first-order valence-electron chi connectivity index (χ1n) is 8.53. The van der Waals surface area contributed by atoms with Crippen molar-refractivity contribution in [3.8, 4) is 0 Å². The van der Waals surface area contributed by atoms with Crippen LogP contribution in [-0.2, 0) is 13.1 Å². The molecule has 3 aromatic rings. The molecule has 0 radical (unpaired) electrons. The maximum Gasteiger partial charge on any atom is 0.259 e. The van der Waals surface area contributed by atoms with E-state index in [4.69, 9.17) is 0 Å². The molecule has 1 N–H and O–H groups in total. The lowest BCUT2D eigenvalue weighted by Gasteiger charge is -2.08. The first-order valence-corrected chi connectivity index (χ1v) is 8.53. The van der Waals surface area contributed by atoms with E-state index in [2.05, 4.69) is 15.5 Å². The molecule has 0 fully saturated rings. The highest BCUT2D eigenvalue weighted by Crippen LogP contribution is 2.22. The zero-order valence-electron chi connectivity index (χ0n) is 15.4. The van der Waals surface area contributed by atoms with Crippen LogP contribution in [0.4, 0.5) is 10.1 Å². The highest BCUT2D eigenvalue weighted by atomic mass is 19.1. The highest BCUT2D eigenvalue weighted by Gasteiger charge is 2.19. The fourth-order valence-corrected chi connectivity index (χ4v) is 2.99. The molecule has 1 amide bonds. The van der Waals surface area contributed by atoms with E-state index in [0.717, 1.165) is 11.4 Å². The van der Waals surface area contributed by atoms with Gasteiger partial charge in [-0.3, -0.25) is 14.2 Å². The van der Waals surface area contributed by atoms with Gasteiger partial charge in [0, 0.05) is 17.8 Å². The number of amides is 1. The summed E-state index contributed by atoms with van der Waals surface area (Å²) >= 11 is 0. The molecule has 0 aliphatic rings. The summed E-state index contributed by atoms with van der Waals surface area (Å²) in [5, 5.41) is 11.6. The minimum Gasteiger partial charge on any atom is -0.319 e. The summed E-state index contributed by atoms with van der Waals surface area (Å²) in [7, 11) is 0. The summed E-state index contributed by atoms with van der Waals surface area (Å²) < 4.78 is 17.4. The number of hydrogen-bond acceptors (Lipinski definition) is 3. The van der Waals surface area contributed by atoms with Crippen LogP contribution in [0.3, 0.4) is 0 Å². The molecule has 2 aromatic heterocycles. The minimum atomic E-state index is -0.270. The van der Waals surface area contributed by atoms with Crippen LogP contribution < -0.4 is 5.32 Å². The molecule has 0 saturated heterocycles. The van der Waals surface area contributed by atoms with Gasteiger partial charge < -0.3 is 5.32 Å². The number of hydrogen-bond donors (Lipinski definition) is 1. The second-order valence-electron chi connectivity index (χ2n) is 6.21.